The van der Waals surface area contributed by atoms with E-state index in [1.54, 1.807) is 38.1 Å². The molecule has 0 saturated carbocycles. The second-order valence-corrected chi connectivity index (χ2v) is 7.40. The molecule has 0 saturated heterocycles. The maximum atomic E-state index is 12.5. The van der Waals surface area contributed by atoms with Crippen LogP contribution < -0.4 is 0 Å². The van der Waals surface area contributed by atoms with E-state index in [4.69, 9.17) is 9.15 Å². The SMILES string of the molecule is CCN(CC)S(=O)(=O)c1ccc(C2=N/C(=C\c3ccco3)C(=O)O2)cc1. The number of benzene rings is 1. The van der Waals surface area contributed by atoms with Crippen molar-refractivity contribution >= 4 is 28.0 Å². The second-order valence-electron chi connectivity index (χ2n) is 5.47. The summed E-state index contributed by atoms with van der Waals surface area (Å²) in [4.78, 5) is 16.3. The quantitative estimate of drug-likeness (QED) is 0.573. The van der Waals surface area contributed by atoms with Crippen molar-refractivity contribution in [1.29, 1.82) is 0 Å². The molecule has 8 heteroatoms. The summed E-state index contributed by atoms with van der Waals surface area (Å²) in [5.41, 5.74) is 0.634. The van der Waals surface area contributed by atoms with Crippen LogP contribution in [0.3, 0.4) is 0 Å². The van der Waals surface area contributed by atoms with Crippen LogP contribution in [0.25, 0.3) is 6.08 Å². The number of esters is 1. The van der Waals surface area contributed by atoms with Crippen molar-refractivity contribution < 1.29 is 22.4 Å². The molecule has 0 N–H and O–H groups in total. The van der Waals surface area contributed by atoms with Crippen molar-refractivity contribution in [3.8, 4) is 0 Å². The Morgan fingerprint density at radius 1 is 1.12 bits per heavy atom. The standard InChI is InChI=1S/C18H18N2O5S/c1-3-20(4-2)26(22,23)15-9-7-13(8-10-15)17-19-16(18(21)25-17)12-14-6-5-11-24-14/h5-12H,3-4H2,1-2H3/b16-12-. The molecule has 0 unspecified atom stereocenters. The van der Waals surface area contributed by atoms with Crippen molar-refractivity contribution in [2.75, 3.05) is 13.1 Å². The van der Waals surface area contributed by atoms with E-state index >= 15 is 0 Å². The van der Waals surface area contributed by atoms with Crippen LogP contribution in [0.2, 0.25) is 0 Å². The molecule has 0 bridgehead atoms. The van der Waals surface area contributed by atoms with Gasteiger partial charge in [-0.05, 0) is 36.4 Å². The Bertz CT molecular complexity index is 954. The number of rotatable bonds is 6. The maximum Gasteiger partial charge on any atom is 0.363 e. The summed E-state index contributed by atoms with van der Waals surface area (Å²) >= 11 is 0. The number of carbonyl (C=O) groups excluding carboxylic acids is 1. The fourth-order valence-corrected chi connectivity index (χ4v) is 3.98. The van der Waals surface area contributed by atoms with Crippen molar-refractivity contribution in [3.05, 3.63) is 59.7 Å². The van der Waals surface area contributed by atoms with Gasteiger partial charge in [-0.25, -0.2) is 18.2 Å². The van der Waals surface area contributed by atoms with Crippen LogP contribution in [0.4, 0.5) is 0 Å². The molecule has 1 aromatic heterocycles. The van der Waals surface area contributed by atoms with Crippen molar-refractivity contribution in [2.24, 2.45) is 4.99 Å². The Kier molecular flexibility index (Phi) is 5.06. The second kappa shape index (κ2) is 7.27. The minimum atomic E-state index is -3.54. The van der Waals surface area contributed by atoms with Crippen LogP contribution in [-0.2, 0) is 19.6 Å². The zero-order chi connectivity index (χ0) is 18.7. The number of nitrogens with zero attached hydrogens (tertiary/aromatic N) is 2. The minimum Gasteiger partial charge on any atom is -0.465 e. The van der Waals surface area contributed by atoms with E-state index in [0.717, 1.165) is 0 Å². The fourth-order valence-electron chi connectivity index (χ4n) is 2.52. The summed E-state index contributed by atoms with van der Waals surface area (Å²) in [6.07, 6.45) is 2.97. The molecule has 1 aliphatic rings. The van der Waals surface area contributed by atoms with Gasteiger partial charge in [0.2, 0.25) is 15.9 Å². The number of furan rings is 1. The van der Waals surface area contributed by atoms with Crippen molar-refractivity contribution in [2.45, 2.75) is 18.7 Å². The molecule has 0 amide bonds. The number of ether oxygens (including phenoxy) is 1. The van der Waals surface area contributed by atoms with E-state index in [2.05, 4.69) is 4.99 Å². The van der Waals surface area contributed by atoms with Gasteiger partial charge in [-0.1, -0.05) is 13.8 Å². The summed E-state index contributed by atoms with van der Waals surface area (Å²) in [5.74, 6) is 0.0263. The molecular weight excluding hydrogens is 356 g/mol. The predicted molar refractivity (Wildman–Crippen MR) is 95.9 cm³/mol. The van der Waals surface area contributed by atoms with Gasteiger partial charge in [0.15, 0.2) is 5.70 Å². The Balaban J connectivity index is 1.87. The van der Waals surface area contributed by atoms with Gasteiger partial charge < -0.3 is 9.15 Å². The first kappa shape index (κ1) is 18.1. The first-order chi connectivity index (χ1) is 12.5. The van der Waals surface area contributed by atoms with Crippen LogP contribution in [-0.4, -0.2) is 37.7 Å². The zero-order valence-corrected chi connectivity index (χ0v) is 15.2. The van der Waals surface area contributed by atoms with Gasteiger partial charge in [-0.15, -0.1) is 0 Å². The van der Waals surface area contributed by atoms with Gasteiger partial charge in [0.1, 0.15) is 5.76 Å². The molecule has 1 aromatic carbocycles. The molecule has 3 rings (SSSR count). The summed E-state index contributed by atoms with van der Waals surface area (Å²) in [5, 5.41) is 0. The molecule has 1 aliphatic heterocycles. The lowest BCUT2D eigenvalue weighted by atomic mass is 10.2. The van der Waals surface area contributed by atoms with Crippen LogP contribution >= 0.6 is 0 Å². The fraction of sp³-hybridized carbons (Fsp3) is 0.222. The Labute approximate surface area is 151 Å². The summed E-state index contributed by atoms with van der Waals surface area (Å²) < 4.78 is 36.7. The van der Waals surface area contributed by atoms with Gasteiger partial charge in [0.05, 0.1) is 11.2 Å². The van der Waals surface area contributed by atoms with Gasteiger partial charge >= 0.3 is 5.97 Å². The van der Waals surface area contributed by atoms with Crippen molar-refractivity contribution in [3.63, 3.8) is 0 Å². The van der Waals surface area contributed by atoms with E-state index in [-0.39, 0.29) is 16.5 Å². The number of hydrogen-bond donors (Lipinski definition) is 0. The van der Waals surface area contributed by atoms with E-state index in [9.17, 15) is 13.2 Å². The number of cyclic esters (lactones) is 1. The molecule has 136 valence electrons. The molecule has 2 aromatic rings. The lowest BCUT2D eigenvalue weighted by Gasteiger charge is -2.18. The number of sulfonamides is 1. The molecular formula is C18H18N2O5S. The van der Waals surface area contributed by atoms with E-state index in [0.29, 0.717) is 24.4 Å². The molecule has 0 radical (unpaired) electrons. The summed E-state index contributed by atoms with van der Waals surface area (Å²) in [6, 6.07) is 9.49. The molecule has 0 atom stereocenters. The Morgan fingerprint density at radius 3 is 2.38 bits per heavy atom. The Hall–Kier alpha value is -2.71. The van der Waals surface area contributed by atoms with Gasteiger partial charge in [0.25, 0.3) is 0 Å². The van der Waals surface area contributed by atoms with E-state index in [1.807, 2.05) is 0 Å². The van der Waals surface area contributed by atoms with Crippen LogP contribution in [0.15, 0.2) is 62.7 Å². The average molecular weight is 374 g/mol. The predicted octanol–water partition coefficient (Wildman–Crippen LogP) is 2.65. The molecule has 0 aliphatic carbocycles. The van der Waals surface area contributed by atoms with Gasteiger partial charge in [-0.2, -0.15) is 4.31 Å². The van der Waals surface area contributed by atoms with Crippen LogP contribution in [0.5, 0.6) is 0 Å². The van der Waals surface area contributed by atoms with Crippen molar-refractivity contribution in [1.82, 2.24) is 4.31 Å². The summed E-state index contributed by atoms with van der Waals surface area (Å²) in [7, 11) is -3.54. The van der Waals surface area contributed by atoms with Gasteiger partial charge in [-0.3, -0.25) is 0 Å². The first-order valence-electron chi connectivity index (χ1n) is 8.12. The third kappa shape index (κ3) is 3.47. The number of aliphatic imine (C=N–C) groups is 1. The third-order valence-electron chi connectivity index (χ3n) is 3.89. The average Bonchev–Trinajstić information content (AvgIpc) is 3.26. The molecule has 0 spiro atoms. The number of carbonyl (C=O) groups is 1. The third-order valence-corrected chi connectivity index (χ3v) is 5.95. The zero-order valence-electron chi connectivity index (χ0n) is 14.4. The lowest BCUT2D eigenvalue weighted by Crippen LogP contribution is -2.30. The topological polar surface area (TPSA) is 89.2 Å². The highest BCUT2D eigenvalue weighted by molar-refractivity contribution is 7.89. The number of hydrogen-bond acceptors (Lipinski definition) is 6. The molecule has 7 nitrogen and oxygen atoms in total. The highest BCUT2D eigenvalue weighted by Gasteiger charge is 2.26. The monoisotopic (exact) mass is 374 g/mol. The largest absolute Gasteiger partial charge is 0.465 e. The molecule has 2 heterocycles. The molecule has 0 fully saturated rings. The lowest BCUT2D eigenvalue weighted by molar-refractivity contribution is -0.129. The van der Waals surface area contributed by atoms with Crippen LogP contribution in [0, 0.1) is 0 Å². The maximum absolute atomic E-state index is 12.5. The minimum absolute atomic E-state index is 0.120. The van der Waals surface area contributed by atoms with Gasteiger partial charge in [0, 0.05) is 24.7 Å². The smallest absolute Gasteiger partial charge is 0.363 e. The highest BCUT2D eigenvalue weighted by atomic mass is 32.2. The highest BCUT2D eigenvalue weighted by Crippen LogP contribution is 2.21. The Morgan fingerprint density at radius 2 is 1.81 bits per heavy atom. The van der Waals surface area contributed by atoms with Crippen LogP contribution in [0.1, 0.15) is 25.2 Å². The first-order valence-corrected chi connectivity index (χ1v) is 9.56. The van der Waals surface area contributed by atoms with E-state index < -0.39 is 16.0 Å². The normalized spacial score (nSPS) is 16.2. The van der Waals surface area contributed by atoms with E-state index in [1.165, 1.54) is 28.8 Å². The molecule has 26 heavy (non-hydrogen) atoms. The summed E-state index contributed by atoms with van der Waals surface area (Å²) in [6.45, 7) is 4.36.